The number of hydrogen-bond donors (Lipinski definition) is 0. The molecule has 6 nitrogen and oxygen atoms in total. The summed E-state index contributed by atoms with van der Waals surface area (Å²) in [5.41, 5.74) is -6.80. The maximum Gasteiger partial charge on any atom is 0.411 e. The van der Waals surface area contributed by atoms with Crippen LogP contribution in [0.5, 0.6) is 11.5 Å². The highest BCUT2D eigenvalue weighted by Crippen LogP contribution is 2.56. The fourth-order valence-electron chi connectivity index (χ4n) is 3.63. The quantitative estimate of drug-likeness (QED) is 0.158. The average molecular weight is 524 g/mol. The molecule has 4 rings (SSSR count). The van der Waals surface area contributed by atoms with Gasteiger partial charge in [0.2, 0.25) is 16.9 Å². The van der Waals surface area contributed by atoms with Crippen molar-refractivity contribution in [3.05, 3.63) is 108 Å². The van der Waals surface area contributed by atoms with E-state index in [1.807, 2.05) is 0 Å². The second-order valence-electron chi connectivity index (χ2n) is 7.53. The Balaban J connectivity index is 1.69. The van der Waals surface area contributed by atoms with E-state index in [1.165, 1.54) is 36.8 Å². The predicted molar refractivity (Wildman–Crippen MR) is 113 cm³/mol. The van der Waals surface area contributed by atoms with E-state index < -0.39 is 40.8 Å². The average Bonchev–Trinajstić information content (AvgIpc) is 3.55. The third-order valence-corrected chi connectivity index (χ3v) is 5.29. The molecular weight excluding hydrogens is 510 g/mol. The van der Waals surface area contributed by atoms with Crippen molar-refractivity contribution >= 4 is 11.9 Å². The van der Waals surface area contributed by atoms with Gasteiger partial charge >= 0.3 is 24.3 Å². The summed E-state index contributed by atoms with van der Waals surface area (Å²) in [5, 5.41) is 0. The molecule has 0 atom stereocenters. The minimum absolute atomic E-state index is 0.211. The van der Waals surface area contributed by atoms with Crippen LogP contribution in [0.3, 0.4) is 0 Å². The molecule has 0 unspecified atom stereocenters. The van der Waals surface area contributed by atoms with Gasteiger partial charge in [0.25, 0.3) is 0 Å². The number of rotatable bonds is 6. The molecular formula is C25H14F6O6. The zero-order valence-electron chi connectivity index (χ0n) is 18.3. The highest BCUT2D eigenvalue weighted by molar-refractivity contribution is 5.88. The summed E-state index contributed by atoms with van der Waals surface area (Å²) < 4.78 is 105. The number of carbonyl (C=O) groups excluding carboxylic acids is 2. The Hall–Kier alpha value is -4.48. The summed E-state index contributed by atoms with van der Waals surface area (Å²) >= 11 is 0. The first kappa shape index (κ1) is 25.6. The largest absolute Gasteiger partial charge is 0.457 e. The second-order valence-corrected chi connectivity index (χ2v) is 7.53. The minimum atomic E-state index is -5.84. The van der Waals surface area contributed by atoms with E-state index in [2.05, 4.69) is 0 Å². The molecule has 2 heterocycles. The fraction of sp³-hybridized carbons (Fsp3) is 0.120. The van der Waals surface area contributed by atoms with Crippen LogP contribution in [-0.2, 0) is 5.41 Å². The van der Waals surface area contributed by atoms with Crippen molar-refractivity contribution in [1.82, 2.24) is 0 Å². The first-order valence-corrected chi connectivity index (χ1v) is 10.3. The lowest BCUT2D eigenvalue weighted by atomic mass is 9.73. The number of hydrogen-bond acceptors (Lipinski definition) is 6. The van der Waals surface area contributed by atoms with Gasteiger partial charge in [-0.3, -0.25) is 0 Å². The Morgan fingerprint density at radius 1 is 0.568 bits per heavy atom. The van der Waals surface area contributed by atoms with Crippen LogP contribution in [0, 0.1) is 0 Å². The normalized spacial score (nSPS) is 12.3. The van der Waals surface area contributed by atoms with Gasteiger partial charge in [0.15, 0.2) is 0 Å². The molecule has 12 heteroatoms. The van der Waals surface area contributed by atoms with Gasteiger partial charge in [-0.2, -0.15) is 26.3 Å². The van der Waals surface area contributed by atoms with Gasteiger partial charge in [0.1, 0.15) is 11.5 Å². The van der Waals surface area contributed by atoms with Crippen LogP contribution >= 0.6 is 0 Å². The van der Waals surface area contributed by atoms with E-state index in [-0.39, 0.29) is 23.0 Å². The molecule has 0 aliphatic rings. The zero-order valence-corrected chi connectivity index (χ0v) is 18.3. The van der Waals surface area contributed by atoms with Crippen molar-refractivity contribution in [2.45, 2.75) is 17.8 Å². The van der Waals surface area contributed by atoms with E-state index in [9.17, 15) is 35.9 Å². The molecule has 2 aromatic carbocycles. The first-order valence-electron chi connectivity index (χ1n) is 10.3. The molecule has 0 fully saturated rings. The van der Waals surface area contributed by atoms with Crippen LogP contribution in [-0.4, -0.2) is 24.3 Å². The molecule has 0 bridgehead atoms. The smallest absolute Gasteiger partial charge is 0.411 e. The lowest BCUT2D eigenvalue weighted by Gasteiger charge is -2.38. The molecule has 2 aromatic heterocycles. The van der Waals surface area contributed by atoms with Crippen molar-refractivity contribution in [3.8, 4) is 11.5 Å². The summed E-state index contributed by atoms with van der Waals surface area (Å²) in [6, 6.07) is 10.8. The van der Waals surface area contributed by atoms with Gasteiger partial charge in [-0.25, -0.2) is 9.59 Å². The highest BCUT2D eigenvalue weighted by Gasteiger charge is 2.72. The summed E-state index contributed by atoms with van der Waals surface area (Å²) in [6.07, 6.45) is -9.32. The summed E-state index contributed by atoms with van der Waals surface area (Å²) in [4.78, 5) is 23.9. The van der Waals surface area contributed by atoms with Crippen LogP contribution in [0.2, 0.25) is 0 Å². The van der Waals surface area contributed by atoms with Crippen LogP contribution < -0.4 is 9.47 Å². The fourth-order valence-corrected chi connectivity index (χ4v) is 3.63. The van der Waals surface area contributed by atoms with E-state index in [0.717, 1.165) is 24.3 Å². The van der Waals surface area contributed by atoms with Crippen molar-refractivity contribution in [2.24, 2.45) is 0 Å². The second kappa shape index (κ2) is 9.52. The van der Waals surface area contributed by atoms with Gasteiger partial charge in [-0.1, -0.05) is 24.3 Å². The third kappa shape index (κ3) is 4.82. The SMILES string of the molecule is O=C(Oc1ccc(C(c2ccc(OC(=O)c3ccco3)cc2)(C(F)(F)F)C(F)(F)F)cc1)c1ccco1. The van der Waals surface area contributed by atoms with Crippen LogP contribution in [0.4, 0.5) is 26.3 Å². The summed E-state index contributed by atoms with van der Waals surface area (Å²) in [7, 11) is 0. The lowest BCUT2D eigenvalue weighted by Crippen LogP contribution is -2.54. The molecule has 192 valence electrons. The molecule has 0 saturated carbocycles. The number of alkyl halides is 6. The van der Waals surface area contributed by atoms with E-state index in [1.54, 1.807) is 0 Å². The van der Waals surface area contributed by atoms with Gasteiger partial charge in [-0.05, 0) is 59.7 Å². The Labute approximate surface area is 204 Å². The summed E-state index contributed by atoms with van der Waals surface area (Å²) in [5.74, 6) is -3.01. The molecule has 0 saturated heterocycles. The molecule has 0 aliphatic carbocycles. The van der Waals surface area contributed by atoms with Gasteiger partial charge < -0.3 is 18.3 Å². The molecule has 0 N–H and O–H groups in total. The monoisotopic (exact) mass is 524 g/mol. The van der Waals surface area contributed by atoms with Crippen LogP contribution in [0.15, 0.2) is 94.2 Å². The van der Waals surface area contributed by atoms with Crippen molar-refractivity contribution in [3.63, 3.8) is 0 Å². The van der Waals surface area contributed by atoms with Gasteiger partial charge in [0.05, 0.1) is 12.5 Å². The van der Waals surface area contributed by atoms with Crippen molar-refractivity contribution in [1.29, 1.82) is 0 Å². The lowest BCUT2D eigenvalue weighted by molar-refractivity contribution is -0.288. The van der Waals surface area contributed by atoms with Gasteiger partial charge in [-0.15, -0.1) is 0 Å². The number of furan rings is 2. The van der Waals surface area contributed by atoms with Crippen LogP contribution in [0.25, 0.3) is 0 Å². The molecule has 0 radical (unpaired) electrons. The Bertz CT molecular complexity index is 1250. The van der Waals surface area contributed by atoms with Crippen molar-refractivity contribution < 1.29 is 54.2 Å². The molecule has 4 aromatic rings. The molecule has 37 heavy (non-hydrogen) atoms. The number of halogens is 6. The standard InChI is InChI=1S/C25H14F6O6/c26-24(27,28)23(25(29,30)31,15-5-9-17(10-6-15)36-21(32)19-3-1-13-34-19)16-7-11-18(12-8-16)37-22(33)20-4-2-14-35-20/h1-14H. The van der Waals surface area contributed by atoms with Gasteiger partial charge in [0, 0.05) is 0 Å². The number of carbonyl (C=O) groups is 2. The topological polar surface area (TPSA) is 78.9 Å². The number of esters is 2. The number of benzene rings is 2. The van der Waals surface area contributed by atoms with E-state index in [4.69, 9.17) is 18.3 Å². The first-order chi connectivity index (χ1) is 17.4. The van der Waals surface area contributed by atoms with E-state index >= 15 is 0 Å². The maximum absolute atomic E-state index is 14.3. The number of ether oxygens (including phenoxy) is 2. The van der Waals surface area contributed by atoms with E-state index in [0.29, 0.717) is 24.3 Å². The molecule has 0 amide bonds. The molecule has 0 spiro atoms. The Morgan fingerprint density at radius 3 is 1.19 bits per heavy atom. The summed E-state index contributed by atoms with van der Waals surface area (Å²) in [6.45, 7) is 0. The third-order valence-electron chi connectivity index (χ3n) is 5.29. The Morgan fingerprint density at radius 2 is 0.919 bits per heavy atom. The van der Waals surface area contributed by atoms with Crippen molar-refractivity contribution in [2.75, 3.05) is 0 Å². The highest BCUT2D eigenvalue weighted by atomic mass is 19.4. The van der Waals surface area contributed by atoms with Crippen LogP contribution in [0.1, 0.15) is 32.2 Å². The Kier molecular flexibility index (Phi) is 6.59. The zero-order chi connectivity index (χ0) is 26.8. The maximum atomic E-state index is 14.3. The predicted octanol–water partition coefficient (Wildman–Crippen LogP) is 6.72. The minimum Gasteiger partial charge on any atom is -0.457 e. The molecule has 0 aliphatic heterocycles.